The van der Waals surface area contributed by atoms with Crippen LogP contribution in [0.25, 0.3) is 10.9 Å². The number of carbonyl (C=O) groups is 1. The van der Waals surface area contributed by atoms with Crippen LogP contribution in [0.5, 0.6) is 0 Å². The van der Waals surface area contributed by atoms with E-state index in [-0.39, 0.29) is 11.6 Å². The van der Waals surface area contributed by atoms with Crippen LogP contribution >= 0.6 is 0 Å². The predicted molar refractivity (Wildman–Crippen MR) is 50.9 cm³/mol. The van der Waals surface area contributed by atoms with Gasteiger partial charge in [0.05, 0.1) is 5.52 Å². The van der Waals surface area contributed by atoms with Crippen LogP contribution < -0.4 is 5.73 Å². The number of carboxylic acids is 1. The van der Waals surface area contributed by atoms with Crippen molar-refractivity contribution in [2.45, 2.75) is 0 Å². The van der Waals surface area contributed by atoms with Crippen molar-refractivity contribution in [3.63, 3.8) is 0 Å². The summed E-state index contributed by atoms with van der Waals surface area (Å²) in [6, 6.07) is 6.84. The first-order valence-electron chi connectivity index (χ1n) is 3.94. The normalized spacial score (nSPS) is 10.3. The van der Waals surface area contributed by atoms with E-state index in [2.05, 4.69) is 9.97 Å². The molecule has 5 nitrogen and oxygen atoms in total. The van der Waals surface area contributed by atoms with Gasteiger partial charge in [0.25, 0.3) is 0 Å². The Morgan fingerprint density at radius 2 is 2.00 bits per heavy atom. The van der Waals surface area contributed by atoms with Crippen LogP contribution in [0.3, 0.4) is 0 Å². The monoisotopic (exact) mass is 189 g/mol. The summed E-state index contributed by atoms with van der Waals surface area (Å²) in [6.07, 6.45) is 0. The molecule has 14 heavy (non-hydrogen) atoms. The van der Waals surface area contributed by atoms with Crippen LogP contribution in [-0.2, 0) is 0 Å². The van der Waals surface area contributed by atoms with Crippen LogP contribution in [0, 0.1) is 0 Å². The highest BCUT2D eigenvalue weighted by atomic mass is 16.4. The summed E-state index contributed by atoms with van der Waals surface area (Å²) < 4.78 is 0. The molecular weight excluding hydrogens is 182 g/mol. The van der Waals surface area contributed by atoms with Crippen molar-refractivity contribution in [1.82, 2.24) is 9.97 Å². The van der Waals surface area contributed by atoms with Crippen molar-refractivity contribution in [2.75, 3.05) is 5.73 Å². The van der Waals surface area contributed by atoms with Crippen molar-refractivity contribution in [3.05, 3.63) is 30.0 Å². The molecule has 0 saturated carbocycles. The molecular formula is C9H7N3O2. The van der Waals surface area contributed by atoms with Crippen LogP contribution in [0.15, 0.2) is 24.3 Å². The molecule has 0 bridgehead atoms. The van der Waals surface area contributed by atoms with E-state index < -0.39 is 5.97 Å². The number of aromatic nitrogens is 2. The molecule has 0 saturated heterocycles. The van der Waals surface area contributed by atoms with Crippen molar-refractivity contribution in [3.8, 4) is 0 Å². The van der Waals surface area contributed by atoms with E-state index in [1.807, 2.05) is 0 Å². The highest BCUT2D eigenvalue weighted by Gasteiger charge is 2.11. The van der Waals surface area contributed by atoms with Crippen LogP contribution in [0.2, 0.25) is 0 Å². The van der Waals surface area contributed by atoms with Crippen molar-refractivity contribution >= 4 is 22.8 Å². The molecule has 1 aromatic heterocycles. The molecule has 0 aliphatic carbocycles. The second-order valence-electron chi connectivity index (χ2n) is 2.75. The van der Waals surface area contributed by atoms with Gasteiger partial charge in [-0.2, -0.15) is 0 Å². The Hall–Kier alpha value is -2.17. The molecule has 2 aromatic rings. The quantitative estimate of drug-likeness (QED) is 0.695. The van der Waals surface area contributed by atoms with Gasteiger partial charge in [-0.25, -0.2) is 14.8 Å². The molecule has 5 heteroatoms. The maximum Gasteiger partial charge on any atom is 0.355 e. The molecule has 0 unspecified atom stereocenters. The summed E-state index contributed by atoms with van der Waals surface area (Å²) in [6.45, 7) is 0. The third-order valence-corrected chi connectivity index (χ3v) is 1.82. The van der Waals surface area contributed by atoms with E-state index in [1.165, 1.54) is 0 Å². The number of rotatable bonds is 1. The fourth-order valence-electron chi connectivity index (χ4n) is 1.26. The Morgan fingerprint density at radius 1 is 1.29 bits per heavy atom. The topological polar surface area (TPSA) is 89.1 Å². The number of hydrogen-bond acceptors (Lipinski definition) is 4. The number of fused-ring (bicyclic) bond motifs is 1. The molecule has 0 aliphatic heterocycles. The van der Waals surface area contributed by atoms with Gasteiger partial charge in [0, 0.05) is 5.39 Å². The molecule has 0 fully saturated rings. The Balaban J connectivity index is 2.87. The lowest BCUT2D eigenvalue weighted by molar-refractivity contribution is 0.0693. The van der Waals surface area contributed by atoms with Crippen LogP contribution in [0.1, 0.15) is 10.5 Å². The Morgan fingerprint density at radius 3 is 2.71 bits per heavy atom. The molecule has 3 N–H and O–H groups in total. The Kier molecular flexibility index (Phi) is 1.78. The van der Waals surface area contributed by atoms with Crippen LogP contribution in [-0.4, -0.2) is 21.0 Å². The average Bonchev–Trinajstić information content (AvgIpc) is 2.16. The number of para-hydroxylation sites is 1. The van der Waals surface area contributed by atoms with Gasteiger partial charge < -0.3 is 10.8 Å². The second kappa shape index (κ2) is 2.95. The zero-order valence-corrected chi connectivity index (χ0v) is 7.14. The summed E-state index contributed by atoms with van der Waals surface area (Å²) in [5.41, 5.74) is 5.85. The van der Waals surface area contributed by atoms with Crippen LogP contribution in [0.4, 0.5) is 5.95 Å². The fourth-order valence-corrected chi connectivity index (χ4v) is 1.26. The number of nitrogen functional groups attached to an aromatic ring is 1. The van der Waals surface area contributed by atoms with E-state index in [0.717, 1.165) is 0 Å². The smallest absolute Gasteiger partial charge is 0.355 e. The molecule has 70 valence electrons. The zero-order valence-electron chi connectivity index (χ0n) is 7.14. The summed E-state index contributed by atoms with van der Waals surface area (Å²) >= 11 is 0. The number of nitrogens with zero attached hydrogens (tertiary/aromatic N) is 2. The average molecular weight is 189 g/mol. The van der Waals surface area contributed by atoms with Gasteiger partial charge >= 0.3 is 5.97 Å². The van der Waals surface area contributed by atoms with Gasteiger partial charge in [-0.05, 0) is 6.07 Å². The minimum absolute atomic E-state index is 0.0268. The third-order valence-electron chi connectivity index (χ3n) is 1.82. The van der Waals surface area contributed by atoms with Gasteiger partial charge in [0.15, 0.2) is 5.69 Å². The van der Waals surface area contributed by atoms with E-state index in [0.29, 0.717) is 10.9 Å². The summed E-state index contributed by atoms with van der Waals surface area (Å²) in [5.74, 6) is -1.13. The SMILES string of the molecule is Nc1nc(C(=O)O)c2ccccc2n1. The lowest BCUT2D eigenvalue weighted by Gasteiger charge is -2.01. The second-order valence-corrected chi connectivity index (χ2v) is 2.75. The van der Waals surface area contributed by atoms with Gasteiger partial charge in [-0.3, -0.25) is 0 Å². The van der Waals surface area contributed by atoms with Gasteiger partial charge in [0.1, 0.15) is 0 Å². The largest absolute Gasteiger partial charge is 0.476 e. The molecule has 0 atom stereocenters. The third kappa shape index (κ3) is 1.24. The first-order valence-corrected chi connectivity index (χ1v) is 3.94. The van der Waals surface area contributed by atoms with Gasteiger partial charge in [0.2, 0.25) is 5.95 Å². The molecule has 0 radical (unpaired) electrons. The van der Waals surface area contributed by atoms with E-state index >= 15 is 0 Å². The molecule has 0 spiro atoms. The number of nitrogens with two attached hydrogens (primary N) is 1. The highest BCUT2D eigenvalue weighted by molar-refractivity contribution is 6.00. The van der Waals surface area contributed by atoms with Gasteiger partial charge in [-0.1, -0.05) is 18.2 Å². The number of aromatic carboxylic acids is 1. The Bertz CT molecular complexity index is 510. The number of benzene rings is 1. The first-order chi connectivity index (χ1) is 6.68. The van der Waals surface area contributed by atoms with Gasteiger partial charge in [-0.15, -0.1) is 0 Å². The van der Waals surface area contributed by atoms with E-state index in [9.17, 15) is 4.79 Å². The molecule has 1 aromatic carbocycles. The predicted octanol–water partition coefficient (Wildman–Crippen LogP) is 0.910. The van der Waals surface area contributed by atoms with E-state index in [1.54, 1.807) is 24.3 Å². The van der Waals surface area contributed by atoms with Crippen molar-refractivity contribution < 1.29 is 9.90 Å². The maximum absolute atomic E-state index is 10.8. The highest BCUT2D eigenvalue weighted by Crippen LogP contribution is 2.15. The summed E-state index contributed by atoms with van der Waals surface area (Å²) in [5, 5.41) is 9.36. The van der Waals surface area contributed by atoms with Crippen molar-refractivity contribution in [1.29, 1.82) is 0 Å². The lowest BCUT2D eigenvalue weighted by Crippen LogP contribution is -2.06. The summed E-state index contributed by atoms with van der Waals surface area (Å²) in [4.78, 5) is 18.4. The van der Waals surface area contributed by atoms with Crippen molar-refractivity contribution in [2.24, 2.45) is 0 Å². The fraction of sp³-hybridized carbons (Fsp3) is 0. The standard InChI is InChI=1S/C9H7N3O2/c10-9-11-6-4-2-1-3-5(6)7(12-9)8(13)14/h1-4H,(H,13,14)(H2,10,11,12). The zero-order chi connectivity index (χ0) is 10.1. The number of carboxylic acid groups (broad SMARTS) is 1. The Labute approximate surface area is 79.2 Å². The minimum atomic E-state index is -1.10. The molecule has 1 heterocycles. The molecule has 0 amide bonds. The maximum atomic E-state index is 10.8. The number of hydrogen-bond donors (Lipinski definition) is 2. The molecule has 2 rings (SSSR count). The van der Waals surface area contributed by atoms with E-state index in [4.69, 9.17) is 10.8 Å². The number of anilines is 1. The minimum Gasteiger partial charge on any atom is -0.476 e. The first kappa shape index (κ1) is 8.43. The summed E-state index contributed by atoms with van der Waals surface area (Å²) in [7, 11) is 0. The molecule has 0 aliphatic rings. The lowest BCUT2D eigenvalue weighted by atomic mass is 10.2.